The highest BCUT2D eigenvalue weighted by Gasteiger charge is 2.15. The molecule has 0 bridgehead atoms. The van der Waals surface area contributed by atoms with E-state index in [0.29, 0.717) is 5.41 Å². The molecule has 0 amide bonds. The van der Waals surface area contributed by atoms with Gasteiger partial charge in [-0.15, -0.1) is 0 Å². The van der Waals surface area contributed by atoms with E-state index in [4.69, 9.17) is 0 Å². The van der Waals surface area contributed by atoms with Crippen LogP contribution in [-0.4, -0.2) is 0 Å². The maximum Gasteiger partial charge on any atom is -0.0359 e. The van der Waals surface area contributed by atoms with Crippen LogP contribution < -0.4 is 0 Å². The third kappa shape index (κ3) is 29.8. The highest BCUT2D eigenvalue weighted by Crippen LogP contribution is 2.28. The van der Waals surface area contributed by atoms with Crippen LogP contribution in [-0.2, 0) is 0 Å². The van der Waals surface area contributed by atoms with Crippen LogP contribution in [0.5, 0.6) is 0 Å². The smallest absolute Gasteiger partial charge is 0.0359 e. The van der Waals surface area contributed by atoms with Crippen LogP contribution in [0.2, 0.25) is 0 Å². The Morgan fingerprint density at radius 3 is 0.945 bits per heavy atom. The summed E-state index contributed by atoms with van der Waals surface area (Å²) < 4.78 is 0. The molecule has 0 heteroatoms. The van der Waals surface area contributed by atoms with Crippen LogP contribution in [0.25, 0.3) is 0 Å². The second-order valence-corrected chi connectivity index (χ2v) is 17.2. The molecule has 1 aliphatic carbocycles. The largest absolute Gasteiger partial charge is 0.0654 e. The third-order valence-electron chi connectivity index (χ3n) is 11.3. The minimum Gasteiger partial charge on any atom is -0.0654 e. The molecule has 0 aliphatic heterocycles. The maximum atomic E-state index is 2.38. The van der Waals surface area contributed by atoms with Crippen LogP contribution in [0.4, 0.5) is 0 Å². The van der Waals surface area contributed by atoms with Crippen molar-refractivity contribution >= 4 is 0 Å². The van der Waals surface area contributed by atoms with Crippen molar-refractivity contribution in [3.05, 3.63) is 141 Å². The Morgan fingerprint density at radius 1 is 0.418 bits per heavy atom. The Balaban J connectivity index is 0. The molecule has 0 heterocycles. The van der Waals surface area contributed by atoms with Crippen molar-refractivity contribution in [1.82, 2.24) is 0 Å². The second kappa shape index (κ2) is 32.0. The van der Waals surface area contributed by atoms with Gasteiger partial charge in [-0.3, -0.25) is 0 Å². The molecule has 310 valence electrons. The summed E-state index contributed by atoms with van der Waals surface area (Å²) in [5.74, 6) is 2.01. The van der Waals surface area contributed by atoms with Gasteiger partial charge in [0, 0.05) is 0 Å². The number of hydrogen-bond donors (Lipinski definition) is 0. The van der Waals surface area contributed by atoms with E-state index in [-0.39, 0.29) is 0 Å². The monoisotopic (exact) mass is 751 g/mol. The van der Waals surface area contributed by atoms with Gasteiger partial charge in [-0.05, 0) is 120 Å². The molecule has 0 spiro atoms. The molecule has 0 saturated heterocycles. The topological polar surface area (TPSA) is 0 Å². The zero-order valence-corrected chi connectivity index (χ0v) is 39.8. The first-order valence-corrected chi connectivity index (χ1v) is 22.0. The van der Waals surface area contributed by atoms with Crippen molar-refractivity contribution in [2.24, 2.45) is 17.3 Å². The molecule has 1 aliphatic rings. The van der Waals surface area contributed by atoms with Gasteiger partial charge in [0.2, 0.25) is 0 Å². The summed E-state index contributed by atoms with van der Waals surface area (Å²) in [5.41, 5.74) is 14.2. The van der Waals surface area contributed by atoms with Crippen LogP contribution in [0, 0.1) is 86.5 Å². The molecule has 0 aromatic heterocycles. The molecule has 1 saturated carbocycles. The van der Waals surface area contributed by atoms with Crippen LogP contribution in [0.3, 0.4) is 0 Å². The molecule has 0 radical (unpaired) electrons. The minimum atomic E-state index is 0.583. The van der Waals surface area contributed by atoms with E-state index in [0.717, 1.165) is 11.8 Å². The lowest BCUT2D eigenvalue weighted by Gasteiger charge is -2.24. The average Bonchev–Trinajstić information content (AvgIpc) is 3.15. The molecular formula is C55H90. The van der Waals surface area contributed by atoms with Crippen molar-refractivity contribution in [3.63, 3.8) is 0 Å². The molecule has 4 aromatic rings. The summed E-state index contributed by atoms with van der Waals surface area (Å²) in [7, 11) is 0. The van der Waals surface area contributed by atoms with Gasteiger partial charge in [-0.25, -0.2) is 0 Å². The third-order valence-corrected chi connectivity index (χ3v) is 11.3. The minimum absolute atomic E-state index is 0.583. The number of rotatable bonds is 5. The zero-order chi connectivity index (χ0) is 42.4. The normalized spacial score (nSPS) is 14.1. The first-order chi connectivity index (χ1) is 25.8. The van der Waals surface area contributed by atoms with Gasteiger partial charge >= 0.3 is 0 Å². The summed E-state index contributed by atoms with van der Waals surface area (Å²) in [6.45, 7) is 39.6. The predicted molar refractivity (Wildman–Crippen MR) is 254 cm³/mol. The Morgan fingerprint density at radius 2 is 0.745 bits per heavy atom. The molecular weight excluding hydrogens is 661 g/mol. The number of benzene rings is 4. The summed E-state index contributed by atoms with van der Waals surface area (Å²) in [5, 5.41) is 0. The van der Waals surface area contributed by atoms with E-state index < -0.39 is 0 Å². The number of aryl methyl sites for hydroxylation is 10. The quantitative estimate of drug-likeness (QED) is 0.178. The molecule has 2 unspecified atom stereocenters. The van der Waals surface area contributed by atoms with Gasteiger partial charge in [0.15, 0.2) is 0 Å². The van der Waals surface area contributed by atoms with Gasteiger partial charge in [0.1, 0.15) is 0 Å². The molecule has 2 atom stereocenters. The van der Waals surface area contributed by atoms with Crippen molar-refractivity contribution in [2.75, 3.05) is 0 Å². The molecule has 4 aromatic carbocycles. The van der Waals surface area contributed by atoms with E-state index in [9.17, 15) is 0 Å². The average molecular weight is 751 g/mol. The Hall–Kier alpha value is -3.12. The zero-order valence-electron chi connectivity index (χ0n) is 39.8. The lowest BCUT2D eigenvalue weighted by Crippen LogP contribution is -2.12. The lowest BCUT2D eigenvalue weighted by atomic mass is 9.82. The van der Waals surface area contributed by atoms with Gasteiger partial charge in [-0.2, -0.15) is 0 Å². The lowest BCUT2D eigenvalue weighted by molar-refractivity contribution is 0.277. The van der Waals surface area contributed by atoms with Gasteiger partial charge in [0.25, 0.3) is 0 Å². The standard InChI is InChI=1S/C10H14.2C8H10.C8H16.C8H10.C7H16.C6H14/c1-7-5-9(3)10(4)6-8(7)2;1-7-3-5-8(2)6-4-7;1-7-4-3-5-8(2)6-7;2*1-7-5-3-4-6-8(7)2;1-5-7(3,4)6-2;1-3-5-6-4-2/h5-6H,1-4H3;2*3-6H,1-2H3;7-8H,3-6H2,1-2H3;3-6H,1-2H3;5-6H2,1-4H3;3-6H2,1-2H3. The van der Waals surface area contributed by atoms with E-state index in [2.05, 4.69) is 210 Å². The first kappa shape index (κ1) is 54.0. The van der Waals surface area contributed by atoms with Crippen molar-refractivity contribution in [1.29, 1.82) is 0 Å². The molecule has 55 heavy (non-hydrogen) atoms. The summed E-state index contributed by atoms with van der Waals surface area (Å²) in [4.78, 5) is 0. The van der Waals surface area contributed by atoms with E-state index in [1.165, 1.54) is 120 Å². The second-order valence-electron chi connectivity index (χ2n) is 17.2. The van der Waals surface area contributed by atoms with Gasteiger partial charge in [-0.1, -0.05) is 227 Å². The van der Waals surface area contributed by atoms with Crippen LogP contribution in [0.1, 0.15) is 175 Å². The fraction of sp³-hybridized carbons (Fsp3) is 0.564. The van der Waals surface area contributed by atoms with Crippen molar-refractivity contribution < 1.29 is 0 Å². The summed E-state index contributed by atoms with van der Waals surface area (Å²) in [6, 6.07) is 29.8. The summed E-state index contributed by atoms with van der Waals surface area (Å²) in [6.07, 6.45) is 14.0. The summed E-state index contributed by atoms with van der Waals surface area (Å²) >= 11 is 0. The van der Waals surface area contributed by atoms with Crippen LogP contribution >= 0.6 is 0 Å². The maximum absolute atomic E-state index is 2.38. The molecule has 0 N–H and O–H groups in total. The van der Waals surface area contributed by atoms with Crippen LogP contribution in [0.15, 0.2) is 84.9 Å². The fourth-order valence-electron chi connectivity index (χ4n) is 5.46. The molecule has 0 nitrogen and oxygen atoms in total. The van der Waals surface area contributed by atoms with E-state index >= 15 is 0 Å². The van der Waals surface area contributed by atoms with Gasteiger partial charge < -0.3 is 0 Å². The van der Waals surface area contributed by atoms with Crippen molar-refractivity contribution in [2.45, 2.75) is 189 Å². The SMILES string of the molecule is CC1CCCCC1C.CCC(C)(C)CC.CCCCCC.Cc1cc(C)c(C)cc1C.Cc1ccc(C)cc1.Cc1cccc(C)c1.Cc1ccccc1C. The Bertz CT molecular complexity index is 1360. The number of hydrogen-bond acceptors (Lipinski definition) is 0. The fourth-order valence-corrected chi connectivity index (χ4v) is 5.46. The van der Waals surface area contributed by atoms with Crippen molar-refractivity contribution in [3.8, 4) is 0 Å². The first-order valence-electron chi connectivity index (χ1n) is 22.0. The van der Waals surface area contributed by atoms with E-state index in [1.54, 1.807) is 0 Å². The molecule has 5 rings (SSSR count). The molecule has 1 fully saturated rings. The predicted octanol–water partition coefficient (Wildman–Crippen LogP) is 18.1. The highest BCUT2D eigenvalue weighted by atomic mass is 14.2. The van der Waals surface area contributed by atoms with Gasteiger partial charge in [0.05, 0.1) is 0 Å². The Kier molecular flexibility index (Phi) is 31.4. The number of unbranched alkanes of at least 4 members (excludes halogenated alkanes) is 3. The Labute approximate surface area is 345 Å². The highest BCUT2D eigenvalue weighted by molar-refractivity contribution is 5.35. The van der Waals surface area contributed by atoms with E-state index in [1.807, 2.05) is 0 Å².